The van der Waals surface area contributed by atoms with Crippen LogP contribution >= 0.6 is 11.6 Å². The van der Waals surface area contributed by atoms with Crippen LogP contribution in [0.2, 0.25) is 5.02 Å². The van der Waals surface area contributed by atoms with Gasteiger partial charge < -0.3 is 5.73 Å². The number of hydrogen-bond donors (Lipinski definition) is 2. The zero-order valence-corrected chi connectivity index (χ0v) is 19.2. The highest BCUT2D eigenvalue weighted by Gasteiger charge is 2.16. The summed E-state index contributed by atoms with van der Waals surface area (Å²) in [6.07, 6.45) is 0. The second kappa shape index (κ2) is 8.94. The monoisotopic (exact) mass is 474 g/mol. The maximum absolute atomic E-state index is 12.6. The summed E-state index contributed by atoms with van der Waals surface area (Å²) in [6.45, 7) is 1.89. The van der Waals surface area contributed by atoms with E-state index in [2.05, 4.69) is 15.8 Å². The van der Waals surface area contributed by atoms with Crippen molar-refractivity contribution in [1.29, 1.82) is 5.26 Å². The van der Waals surface area contributed by atoms with Crippen LogP contribution in [0.1, 0.15) is 11.1 Å². The maximum Gasteiger partial charge on any atom is 0.261 e. The van der Waals surface area contributed by atoms with E-state index >= 15 is 0 Å². The van der Waals surface area contributed by atoms with E-state index in [1.807, 2.05) is 19.1 Å². The third-order valence-electron chi connectivity index (χ3n) is 5.08. The summed E-state index contributed by atoms with van der Waals surface area (Å²) in [6, 6.07) is 24.4. The van der Waals surface area contributed by atoms with E-state index in [4.69, 9.17) is 17.3 Å². The molecule has 0 atom stereocenters. The van der Waals surface area contributed by atoms with Gasteiger partial charge in [-0.25, -0.2) is 13.4 Å². The summed E-state index contributed by atoms with van der Waals surface area (Å²) in [5, 5.41) is 10.2. The van der Waals surface area contributed by atoms with Crippen LogP contribution in [0.25, 0.3) is 22.4 Å². The molecule has 3 N–H and O–H groups in total. The van der Waals surface area contributed by atoms with Crippen LogP contribution in [0.15, 0.2) is 83.8 Å². The zero-order chi connectivity index (χ0) is 23.6. The van der Waals surface area contributed by atoms with E-state index in [1.165, 1.54) is 0 Å². The van der Waals surface area contributed by atoms with Crippen molar-refractivity contribution < 1.29 is 8.42 Å². The van der Waals surface area contributed by atoms with Crippen LogP contribution in [-0.2, 0) is 10.0 Å². The Morgan fingerprint density at radius 3 is 2.15 bits per heavy atom. The third kappa shape index (κ3) is 4.82. The van der Waals surface area contributed by atoms with Gasteiger partial charge in [0, 0.05) is 21.8 Å². The molecule has 0 aliphatic heterocycles. The minimum Gasteiger partial charge on any atom is -0.383 e. The molecule has 0 radical (unpaired) electrons. The second-order valence-corrected chi connectivity index (χ2v) is 9.55. The summed E-state index contributed by atoms with van der Waals surface area (Å²) >= 11 is 5.99. The van der Waals surface area contributed by atoms with Gasteiger partial charge in [-0.2, -0.15) is 5.26 Å². The molecule has 8 heteroatoms. The highest BCUT2D eigenvalue weighted by molar-refractivity contribution is 7.92. The van der Waals surface area contributed by atoms with Gasteiger partial charge in [0.2, 0.25) is 0 Å². The summed E-state index contributed by atoms with van der Waals surface area (Å²) < 4.78 is 27.8. The molecule has 6 nitrogen and oxygen atoms in total. The third-order valence-corrected chi connectivity index (χ3v) is 6.73. The lowest BCUT2D eigenvalue weighted by Gasteiger charge is -2.12. The molecule has 0 spiro atoms. The van der Waals surface area contributed by atoms with E-state index in [1.54, 1.807) is 66.7 Å². The molecule has 4 aromatic rings. The number of sulfonamides is 1. The Hall–Kier alpha value is -3.86. The number of nitriles is 1. The van der Waals surface area contributed by atoms with Crippen molar-refractivity contribution >= 4 is 33.1 Å². The van der Waals surface area contributed by atoms with Crippen LogP contribution in [-0.4, -0.2) is 13.4 Å². The van der Waals surface area contributed by atoms with Crippen molar-refractivity contribution in [3.63, 3.8) is 0 Å². The van der Waals surface area contributed by atoms with Crippen LogP contribution in [0, 0.1) is 18.3 Å². The first-order valence-corrected chi connectivity index (χ1v) is 11.8. The lowest BCUT2D eigenvalue weighted by molar-refractivity contribution is 0.601. The Labute approximate surface area is 197 Å². The number of pyridine rings is 1. The van der Waals surface area contributed by atoms with Gasteiger partial charge in [-0.05, 0) is 55.0 Å². The Bertz CT molecular complexity index is 1460. The van der Waals surface area contributed by atoms with E-state index in [-0.39, 0.29) is 16.3 Å². The summed E-state index contributed by atoms with van der Waals surface area (Å²) in [5.41, 5.74) is 10.5. The van der Waals surface area contributed by atoms with Crippen molar-refractivity contribution in [2.45, 2.75) is 11.8 Å². The zero-order valence-electron chi connectivity index (χ0n) is 17.6. The first-order chi connectivity index (χ1) is 15.8. The number of aryl methyl sites for hydroxylation is 1. The smallest absolute Gasteiger partial charge is 0.261 e. The largest absolute Gasteiger partial charge is 0.383 e. The molecular weight excluding hydrogens is 456 g/mol. The number of hydrogen-bond acceptors (Lipinski definition) is 5. The average Bonchev–Trinajstić information content (AvgIpc) is 2.79. The second-order valence-electron chi connectivity index (χ2n) is 7.43. The number of benzene rings is 3. The van der Waals surface area contributed by atoms with Crippen LogP contribution < -0.4 is 10.5 Å². The molecule has 0 bridgehead atoms. The fourth-order valence-electron chi connectivity index (χ4n) is 3.33. The number of aromatic nitrogens is 1. The Kier molecular flexibility index (Phi) is 6.05. The van der Waals surface area contributed by atoms with Gasteiger partial charge in [0.05, 0.1) is 10.6 Å². The molecule has 33 heavy (non-hydrogen) atoms. The van der Waals surface area contributed by atoms with Gasteiger partial charge in [0.15, 0.2) is 0 Å². The van der Waals surface area contributed by atoms with E-state index in [0.29, 0.717) is 22.0 Å². The normalized spacial score (nSPS) is 11.1. The molecule has 0 saturated heterocycles. The van der Waals surface area contributed by atoms with Crippen LogP contribution in [0.5, 0.6) is 0 Å². The molecule has 4 rings (SSSR count). The molecule has 0 saturated carbocycles. The number of nitrogens with zero attached hydrogens (tertiary/aromatic N) is 2. The SMILES string of the molecule is Cc1ccc(S(=O)(=O)Nc2ccc(-c3cc(-c4ccc(Cl)cc4)c(C#N)c(N)n3)cc2)cc1. The Balaban J connectivity index is 1.66. The standard InChI is InChI=1S/C25H19ClN4O2S/c1-16-2-12-21(13-3-16)33(31,32)30-20-10-6-18(7-11-20)24-14-22(23(15-27)25(28)29-24)17-4-8-19(26)9-5-17/h2-14,30H,1H3,(H2,28,29). The van der Waals surface area contributed by atoms with Crippen LogP contribution in [0.3, 0.4) is 0 Å². The highest BCUT2D eigenvalue weighted by atomic mass is 35.5. The maximum atomic E-state index is 12.6. The average molecular weight is 475 g/mol. The number of rotatable bonds is 5. The molecule has 0 unspecified atom stereocenters. The molecule has 0 fully saturated rings. The van der Waals surface area contributed by atoms with Crippen LogP contribution in [0.4, 0.5) is 11.5 Å². The number of halogens is 1. The molecule has 0 amide bonds. The Morgan fingerprint density at radius 1 is 0.939 bits per heavy atom. The molecule has 164 valence electrons. The molecule has 1 aromatic heterocycles. The number of anilines is 2. The van der Waals surface area contributed by atoms with Crippen molar-refractivity contribution in [3.8, 4) is 28.5 Å². The van der Waals surface area contributed by atoms with E-state index < -0.39 is 10.0 Å². The fraction of sp³-hybridized carbons (Fsp3) is 0.0400. The first-order valence-electron chi connectivity index (χ1n) is 9.93. The number of nitrogens with one attached hydrogen (secondary N) is 1. The summed E-state index contributed by atoms with van der Waals surface area (Å²) in [5.74, 6) is 0.115. The lowest BCUT2D eigenvalue weighted by Crippen LogP contribution is -2.12. The highest BCUT2D eigenvalue weighted by Crippen LogP contribution is 2.32. The van der Waals surface area contributed by atoms with Gasteiger partial charge in [-0.15, -0.1) is 0 Å². The van der Waals surface area contributed by atoms with Gasteiger partial charge >= 0.3 is 0 Å². The quantitative estimate of drug-likeness (QED) is 0.389. The van der Waals surface area contributed by atoms with Crippen molar-refractivity contribution in [2.24, 2.45) is 0 Å². The number of nitrogen functional groups attached to an aromatic ring is 1. The molecule has 0 aliphatic rings. The first kappa shape index (κ1) is 22.3. The minimum absolute atomic E-state index is 0.115. The Morgan fingerprint density at radius 2 is 1.55 bits per heavy atom. The van der Waals surface area contributed by atoms with Gasteiger partial charge in [-0.1, -0.05) is 53.6 Å². The van der Waals surface area contributed by atoms with Crippen molar-refractivity contribution in [1.82, 2.24) is 4.98 Å². The van der Waals surface area contributed by atoms with E-state index in [9.17, 15) is 13.7 Å². The molecule has 0 aliphatic carbocycles. The summed E-state index contributed by atoms with van der Waals surface area (Å²) in [4.78, 5) is 4.55. The van der Waals surface area contributed by atoms with Crippen molar-refractivity contribution in [2.75, 3.05) is 10.5 Å². The van der Waals surface area contributed by atoms with Gasteiger partial charge in [0.1, 0.15) is 17.5 Å². The predicted molar refractivity (Wildman–Crippen MR) is 131 cm³/mol. The van der Waals surface area contributed by atoms with Gasteiger partial charge in [0.25, 0.3) is 10.0 Å². The predicted octanol–water partition coefficient (Wildman–Crippen LogP) is 5.63. The molecule has 3 aromatic carbocycles. The summed E-state index contributed by atoms with van der Waals surface area (Å²) in [7, 11) is -3.70. The molecule has 1 heterocycles. The van der Waals surface area contributed by atoms with Crippen molar-refractivity contribution in [3.05, 3.63) is 95.0 Å². The van der Waals surface area contributed by atoms with E-state index in [0.717, 1.165) is 16.7 Å². The lowest BCUT2D eigenvalue weighted by atomic mass is 9.98. The minimum atomic E-state index is -3.70. The topological polar surface area (TPSA) is 109 Å². The number of nitrogens with two attached hydrogens (primary N) is 1. The molecular formula is C25H19ClN4O2S. The fourth-order valence-corrected chi connectivity index (χ4v) is 4.51. The van der Waals surface area contributed by atoms with Gasteiger partial charge in [-0.3, -0.25) is 4.72 Å².